The van der Waals surface area contributed by atoms with Gasteiger partial charge in [0, 0.05) is 42.7 Å². The first-order valence-corrected chi connectivity index (χ1v) is 13.5. The molecule has 2 bridgehead atoms. The van der Waals surface area contributed by atoms with Crippen LogP contribution in [0.3, 0.4) is 0 Å². The minimum absolute atomic E-state index is 0.0952. The maximum Gasteiger partial charge on any atom is 0.142 e. The summed E-state index contributed by atoms with van der Waals surface area (Å²) in [6.07, 6.45) is 3.66. The number of nitrogens with zero attached hydrogens (tertiary/aromatic N) is 2. The molecule has 0 radical (unpaired) electrons. The molecular formula is C30H40N2O4. The second-order valence-corrected chi connectivity index (χ2v) is 12.1. The van der Waals surface area contributed by atoms with Crippen LogP contribution in [-0.4, -0.2) is 59.8 Å². The minimum atomic E-state index is -0.0952. The molecule has 2 aromatic rings. The third kappa shape index (κ3) is 3.38. The van der Waals surface area contributed by atoms with Gasteiger partial charge in [0.25, 0.3) is 0 Å². The first-order chi connectivity index (χ1) is 17.3. The van der Waals surface area contributed by atoms with E-state index in [1.54, 1.807) is 0 Å². The second-order valence-electron chi connectivity index (χ2n) is 12.1. The summed E-state index contributed by atoms with van der Waals surface area (Å²) in [5.41, 5.74) is 5.46. The summed E-state index contributed by atoms with van der Waals surface area (Å²) in [4.78, 5) is 4.33. The Balaban J connectivity index is 1.48. The Morgan fingerprint density at radius 1 is 0.833 bits per heavy atom. The zero-order valence-corrected chi connectivity index (χ0v) is 21.9. The predicted octanol–water partition coefficient (Wildman–Crippen LogP) is 4.11. The molecule has 194 valence electrons. The summed E-state index contributed by atoms with van der Waals surface area (Å²) in [6.45, 7) is 11.7. The largest absolute Gasteiger partial charge is 0.478 e. The molecule has 6 rings (SSSR count). The molecule has 36 heavy (non-hydrogen) atoms. The SMILES string of the molecule is CC1(C)C2CCC1(C)C(c1ccc3c(c1)CN(CCO)CO3)(c1ccc3c(c1)CN(CCO)CO3)C2. The molecule has 0 saturated heterocycles. The fourth-order valence-electron chi connectivity index (χ4n) is 8.03. The van der Waals surface area contributed by atoms with Crippen LogP contribution in [0.25, 0.3) is 0 Å². The fraction of sp³-hybridized carbons (Fsp3) is 0.600. The molecule has 2 aromatic carbocycles. The van der Waals surface area contributed by atoms with Crippen molar-refractivity contribution in [2.24, 2.45) is 16.7 Å². The Hall–Kier alpha value is -2.12. The molecular weight excluding hydrogens is 452 g/mol. The molecule has 2 unspecified atom stereocenters. The zero-order valence-electron chi connectivity index (χ0n) is 21.9. The van der Waals surface area contributed by atoms with Gasteiger partial charge in [-0.1, -0.05) is 32.9 Å². The Morgan fingerprint density at radius 3 is 1.78 bits per heavy atom. The summed E-state index contributed by atoms with van der Waals surface area (Å²) < 4.78 is 12.1. The molecule has 2 heterocycles. The van der Waals surface area contributed by atoms with Crippen LogP contribution in [0.15, 0.2) is 36.4 Å². The number of benzene rings is 2. The normalized spacial score (nSPS) is 28.3. The van der Waals surface area contributed by atoms with Gasteiger partial charge in [0.1, 0.15) is 25.0 Å². The van der Waals surface area contributed by atoms with Crippen molar-refractivity contribution in [3.63, 3.8) is 0 Å². The fourth-order valence-corrected chi connectivity index (χ4v) is 8.03. The quantitative estimate of drug-likeness (QED) is 0.633. The van der Waals surface area contributed by atoms with Crippen molar-refractivity contribution in [1.29, 1.82) is 0 Å². The Labute approximate surface area is 214 Å². The van der Waals surface area contributed by atoms with E-state index in [-0.39, 0.29) is 29.5 Å². The van der Waals surface area contributed by atoms with Crippen LogP contribution in [0.2, 0.25) is 0 Å². The van der Waals surface area contributed by atoms with Gasteiger partial charge in [0.2, 0.25) is 0 Å². The highest BCUT2D eigenvalue weighted by molar-refractivity contribution is 5.53. The van der Waals surface area contributed by atoms with Crippen molar-refractivity contribution in [3.05, 3.63) is 58.7 Å². The number of fused-ring (bicyclic) bond motifs is 4. The molecule has 6 heteroatoms. The third-order valence-corrected chi connectivity index (χ3v) is 10.5. The maximum absolute atomic E-state index is 9.47. The summed E-state index contributed by atoms with van der Waals surface area (Å²) in [5.74, 6) is 2.61. The van der Waals surface area contributed by atoms with Gasteiger partial charge in [0.15, 0.2) is 0 Å². The molecule has 2 aliphatic heterocycles. The number of ether oxygens (including phenoxy) is 2. The molecule has 2 N–H and O–H groups in total. The lowest BCUT2D eigenvalue weighted by atomic mass is 9.53. The van der Waals surface area contributed by atoms with Crippen LogP contribution in [0.1, 0.15) is 62.3 Å². The highest BCUT2D eigenvalue weighted by Gasteiger charge is 2.69. The van der Waals surface area contributed by atoms with Crippen molar-refractivity contribution in [2.45, 2.75) is 58.5 Å². The Kier molecular flexibility index (Phi) is 5.87. The predicted molar refractivity (Wildman–Crippen MR) is 139 cm³/mol. The van der Waals surface area contributed by atoms with Crippen LogP contribution >= 0.6 is 0 Å². The van der Waals surface area contributed by atoms with E-state index in [0.717, 1.165) is 31.0 Å². The highest BCUT2D eigenvalue weighted by Crippen LogP contribution is 2.75. The number of hydrogen-bond acceptors (Lipinski definition) is 6. The standard InChI is InChI=1S/C30H40N2O4/c1-28(2)25-8-9-29(28,3)30(16-25,23-4-6-26-21(14-23)17-31(10-12-33)19-35-26)24-5-7-27-22(15-24)18-32(11-13-34)20-36-27/h4-7,14-15,25,33-34H,8-13,16-20H2,1-3H3. The van der Waals surface area contributed by atoms with Crippen LogP contribution in [0.4, 0.5) is 0 Å². The minimum Gasteiger partial charge on any atom is -0.478 e. The number of hydrogen-bond donors (Lipinski definition) is 2. The van der Waals surface area contributed by atoms with Gasteiger partial charge in [-0.2, -0.15) is 0 Å². The van der Waals surface area contributed by atoms with E-state index >= 15 is 0 Å². The van der Waals surface area contributed by atoms with Gasteiger partial charge >= 0.3 is 0 Å². The molecule has 0 aromatic heterocycles. The smallest absolute Gasteiger partial charge is 0.142 e. The molecule has 6 nitrogen and oxygen atoms in total. The van der Waals surface area contributed by atoms with E-state index < -0.39 is 0 Å². The van der Waals surface area contributed by atoms with E-state index in [9.17, 15) is 10.2 Å². The van der Waals surface area contributed by atoms with E-state index in [1.807, 2.05) is 0 Å². The molecule has 2 atom stereocenters. The van der Waals surface area contributed by atoms with Crippen LogP contribution in [0.5, 0.6) is 11.5 Å². The molecule has 2 saturated carbocycles. The molecule has 2 aliphatic carbocycles. The lowest BCUT2D eigenvalue weighted by molar-refractivity contribution is 0.0752. The number of β-amino-alcohol motifs (C(OH)–C–C–N with tert-alkyl or cyclic N) is 2. The molecule has 2 fully saturated rings. The van der Waals surface area contributed by atoms with E-state index in [1.165, 1.54) is 35.1 Å². The van der Waals surface area contributed by atoms with Crippen molar-refractivity contribution >= 4 is 0 Å². The topological polar surface area (TPSA) is 65.4 Å². The molecule has 0 spiro atoms. The summed E-state index contributed by atoms with van der Waals surface area (Å²) in [5, 5.41) is 18.9. The van der Waals surface area contributed by atoms with Gasteiger partial charge in [-0.25, -0.2) is 0 Å². The van der Waals surface area contributed by atoms with Gasteiger partial charge in [-0.15, -0.1) is 0 Å². The summed E-state index contributed by atoms with van der Waals surface area (Å²) in [7, 11) is 0. The zero-order chi connectivity index (χ0) is 25.1. The number of rotatable bonds is 6. The molecule has 4 aliphatic rings. The lowest BCUT2D eigenvalue weighted by Gasteiger charge is -2.50. The average Bonchev–Trinajstić information content (AvgIpc) is 3.21. The van der Waals surface area contributed by atoms with E-state index in [0.29, 0.717) is 32.5 Å². The van der Waals surface area contributed by atoms with Gasteiger partial charge in [0.05, 0.1) is 13.2 Å². The van der Waals surface area contributed by atoms with Gasteiger partial charge in [-0.3, -0.25) is 9.80 Å². The van der Waals surface area contributed by atoms with E-state index in [2.05, 4.69) is 67.0 Å². The Morgan fingerprint density at radius 2 is 1.36 bits per heavy atom. The van der Waals surface area contributed by atoms with Crippen molar-refractivity contribution in [3.8, 4) is 11.5 Å². The van der Waals surface area contributed by atoms with Crippen LogP contribution in [-0.2, 0) is 18.5 Å². The van der Waals surface area contributed by atoms with Crippen molar-refractivity contribution in [2.75, 3.05) is 39.8 Å². The second kappa shape index (κ2) is 8.73. The Bertz CT molecular complexity index is 1080. The lowest BCUT2D eigenvalue weighted by Crippen LogP contribution is -2.46. The summed E-state index contributed by atoms with van der Waals surface area (Å²) in [6, 6.07) is 13.8. The van der Waals surface area contributed by atoms with E-state index in [4.69, 9.17) is 9.47 Å². The summed E-state index contributed by atoms with van der Waals surface area (Å²) >= 11 is 0. The van der Waals surface area contributed by atoms with Crippen molar-refractivity contribution < 1.29 is 19.7 Å². The van der Waals surface area contributed by atoms with Crippen LogP contribution in [0, 0.1) is 16.7 Å². The average molecular weight is 493 g/mol. The van der Waals surface area contributed by atoms with Gasteiger partial charge in [-0.05, 0) is 71.4 Å². The number of aliphatic hydroxyl groups is 2. The first kappa shape index (κ1) is 24.2. The number of aliphatic hydroxyl groups excluding tert-OH is 2. The third-order valence-electron chi connectivity index (χ3n) is 10.5. The highest BCUT2D eigenvalue weighted by atomic mass is 16.5. The van der Waals surface area contributed by atoms with Gasteiger partial charge < -0.3 is 19.7 Å². The monoisotopic (exact) mass is 492 g/mol. The maximum atomic E-state index is 9.47. The van der Waals surface area contributed by atoms with Crippen molar-refractivity contribution in [1.82, 2.24) is 9.80 Å². The molecule has 0 amide bonds. The van der Waals surface area contributed by atoms with Crippen LogP contribution < -0.4 is 9.47 Å². The first-order valence-electron chi connectivity index (χ1n) is 13.5.